The van der Waals surface area contributed by atoms with Gasteiger partial charge in [-0.2, -0.15) is 0 Å². The van der Waals surface area contributed by atoms with Crippen LogP contribution in [-0.2, 0) is 0 Å². The Morgan fingerprint density at radius 3 is 2.33 bits per heavy atom. The minimum Gasteiger partial charge on any atom is -0.450 e. The van der Waals surface area contributed by atoms with Crippen molar-refractivity contribution in [3.63, 3.8) is 0 Å². The summed E-state index contributed by atoms with van der Waals surface area (Å²) in [5.74, 6) is -1.26. The van der Waals surface area contributed by atoms with Crippen molar-refractivity contribution in [2.24, 2.45) is 0 Å². The van der Waals surface area contributed by atoms with Crippen molar-refractivity contribution in [3.05, 3.63) is 105 Å². The first-order valence-electron chi connectivity index (χ1n) is 8.82. The number of amides is 1. The minimum atomic E-state index is -0.723. The van der Waals surface area contributed by atoms with Gasteiger partial charge >= 0.3 is 0 Å². The molecule has 0 atom stereocenters. The zero-order valence-electron chi connectivity index (χ0n) is 15.3. The summed E-state index contributed by atoms with van der Waals surface area (Å²) in [4.78, 5) is 36.5. The Balaban J connectivity index is 1.80. The maximum absolute atomic E-state index is 13.0. The van der Waals surface area contributed by atoms with Gasteiger partial charge < -0.3 is 9.73 Å². The number of anilines is 1. The lowest BCUT2D eigenvalue weighted by atomic mass is 10.1. The second kappa shape index (κ2) is 7.81. The van der Waals surface area contributed by atoms with Gasteiger partial charge in [-0.05, 0) is 42.5 Å². The normalized spacial score (nSPS) is 10.7. The van der Waals surface area contributed by atoms with Crippen molar-refractivity contribution in [1.82, 2.24) is 0 Å². The zero-order chi connectivity index (χ0) is 21.3. The van der Waals surface area contributed by atoms with Gasteiger partial charge in [-0.25, -0.2) is 0 Å². The summed E-state index contributed by atoms with van der Waals surface area (Å²) in [6.07, 6.45) is 0. The molecule has 0 saturated heterocycles. The molecule has 0 aliphatic heterocycles. The Labute approximate surface area is 175 Å². The molecule has 0 radical (unpaired) electrons. The number of ketones is 1. The standard InChI is InChI=1S/C22H13ClN2O5/c23-14-11-9-13(10-12-14)20(26)21-19(16-6-2-4-8-18(16)30-21)24-22(27)15-5-1-3-7-17(15)25(28)29/h1-12H,(H,24,27). The van der Waals surface area contributed by atoms with E-state index in [9.17, 15) is 19.7 Å². The van der Waals surface area contributed by atoms with Crippen LogP contribution in [-0.4, -0.2) is 16.6 Å². The van der Waals surface area contributed by atoms with Gasteiger partial charge in [0, 0.05) is 22.0 Å². The number of furan rings is 1. The highest BCUT2D eigenvalue weighted by molar-refractivity contribution is 6.30. The molecule has 0 aliphatic rings. The first kappa shape index (κ1) is 19.4. The van der Waals surface area contributed by atoms with Gasteiger partial charge in [0.05, 0.1) is 10.6 Å². The quantitative estimate of drug-likeness (QED) is 0.261. The van der Waals surface area contributed by atoms with Crippen LogP contribution in [0.2, 0.25) is 5.02 Å². The Bertz CT molecular complexity index is 1290. The van der Waals surface area contributed by atoms with Crippen LogP contribution in [0.5, 0.6) is 0 Å². The lowest BCUT2D eigenvalue weighted by Gasteiger charge is -2.07. The molecular formula is C22H13ClN2O5. The highest BCUT2D eigenvalue weighted by Gasteiger charge is 2.26. The third-order valence-corrected chi connectivity index (χ3v) is 4.74. The fourth-order valence-electron chi connectivity index (χ4n) is 3.07. The number of rotatable bonds is 5. The molecule has 8 heteroatoms. The number of fused-ring (bicyclic) bond motifs is 1. The topological polar surface area (TPSA) is 102 Å². The van der Waals surface area contributed by atoms with Gasteiger partial charge in [-0.3, -0.25) is 19.7 Å². The third-order valence-electron chi connectivity index (χ3n) is 4.49. The molecule has 4 rings (SSSR count). The zero-order valence-corrected chi connectivity index (χ0v) is 16.1. The number of carbonyl (C=O) groups excluding carboxylic acids is 2. The molecule has 0 bridgehead atoms. The molecule has 30 heavy (non-hydrogen) atoms. The first-order chi connectivity index (χ1) is 14.5. The molecule has 0 aliphatic carbocycles. The van der Waals surface area contributed by atoms with Crippen molar-refractivity contribution in [3.8, 4) is 0 Å². The number of benzene rings is 3. The smallest absolute Gasteiger partial charge is 0.282 e. The van der Waals surface area contributed by atoms with E-state index in [0.717, 1.165) is 0 Å². The lowest BCUT2D eigenvalue weighted by molar-refractivity contribution is -0.385. The van der Waals surface area contributed by atoms with Crippen LogP contribution in [0, 0.1) is 10.1 Å². The van der Waals surface area contributed by atoms with Crippen LogP contribution >= 0.6 is 11.6 Å². The van der Waals surface area contributed by atoms with Crippen LogP contribution in [0.1, 0.15) is 26.5 Å². The summed E-state index contributed by atoms with van der Waals surface area (Å²) < 4.78 is 5.73. The minimum absolute atomic E-state index is 0.0783. The monoisotopic (exact) mass is 420 g/mol. The SMILES string of the molecule is O=C(Nc1c(C(=O)c2ccc(Cl)cc2)oc2ccccc12)c1ccccc1[N+](=O)[O-]. The number of para-hydroxylation sites is 2. The summed E-state index contributed by atoms with van der Waals surface area (Å²) in [6.45, 7) is 0. The van der Waals surface area contributed by atoms with Crippen molar-refractivity contribution in [1.29, 1.82) is 0 Å². The molecule has 1 heterocycles. The van der Waals surface area contributed by atoms with Gasteiger partial charge in [0.25, 0.3) is 11.6 Å². The van der Waals surface area contributed by atoms with E-state index in [4.69, 9.17) is 16.0 Å². The summed E-state index contributed by atoms with van der Waals surface area (Å²) in [5.41, 5.74) is 0.395. The fourth-order valence-corrected chi connectivity index (χ4v) is 3.19. The number of nitro benzene ring substituents is 1. The van der Waals surface area contributed by atoms with E-state index in [1.54, 1.807) is 48.5 Å². The van der Waals surface area contributed by atoms with E-state index < -0.39 is 16.6 Å². The van der Waals surface area contributed by atoms with E-state index >= 15 is 0 Å². The molecule has 1 amide bonds. The van der Waals surface area contributed by atoms with Gasteiger partial charge in [0.2, 0.25) is 5.78 Å². The Kier molecular flexibility index (Phi) is 5.04. The van der Waals surface area contributed by atoms with Crippen molar-refractivity contribution in [2.45, 2.75) is 0 Å². The lowest BCUT2D eigenvalue weighted by Crippen LogP contribution is -2.15. The molecule has 3 aromatic carbocycles. The van der Waals surface area contributed by atoms with E-state index in [0.29, 0.717) is 21.6 Å². The summed E-state index contributed by atoms with van der Waals surface area (Å²) in [6, 6.07) is 18.6. The number of halogens is 1. The molecule has 148 valence electrons. The average molecular weight is 421 g/mol. The van der Waals surface area contributed by atoms with Crippen molar-refractivity contribution < 1.29 is 18.9 Å². The summed E-state index contributed by atoms with van der Waals surface area (Å²) in [7, 11) is 0. The average Bonchev–Trinajstić information content (AvgIpc) is 3.12. The van der Waals surface area contributed by atoms with E-state index in [2.05, 4.69) is 5.32 Å². The predicted molar refractivity (Wildman–Crippen MR) is 112 cm³/mol. The van der Waals surface area contributed by atoms with Gasteiger partial charge in [-0.1, -0.05) is 35.9 Å². The Morgan fingerprint density at radius 1 is 0.933 bits per heavy atom. The number of carbonyl (C=O) groups is 2. The highest BCUT2D eigenvalue weighted by Crippen LogP contribution is 2.33. The molecule has 1 aromatic heterocycles. The van der Waals surface area contributed by atoms with Gasteiger partial charge in [0.15, 0.2) is 5.76 Å². The van der Waals surface area contributed by atoms with Crippen molar-refractivity contribution in [2.75, 3.05) is 5.32 Å². The molecule has 7 nitrogen and oxygen atoms in total. The first-order valence-corrected chi connectivity index (χ1v) is 9.20. The van der Waals surface area contributed by atoms with E-state index in [1.165, 1.54) is 24.3 Å². The molecule has 4 aromatic rings. The summed E-state index contributed by atoms with van der Waals surface area (Å²) >= 11 is 5.89. The third kappa shape index (κ3) is 3.54. The van der Waals surface area contributed by atoms with Crippen LogP contribution in [0.15, 0.2) is 77.2 Å². The summed E-state index contributed by atoms with van der Waals surface area (Å²) in [5, 5.41) is 14.9. The van der Waals surface area contributed by atoms with E-state index in [1.807, 2.05) is 0 Å². The predicted octanol–water partition coefficient (Wildman–Crippen LogP) is 5.48. The highest BCUT2D eigenvalue weighted by atomic mass is 35.5. The van der Waals surface area contributed by atoms with Crippen LogP contribution in [0.4, 0.5) is 11.4 Å². The maximum atomic E-state index is 13.0. The van der Waals surface area contributed by atoms with Crippen LogP contribution < -0.4 is 5.32 Å². The Hall–Kier alpha value is -3.97. The number of hydrogen-bond acceptors (Lipinski definition) is 5. The van der Waals surface area contributed by atoms with Gasteiger partial charge in [0.1, 0.15) is 11.1 Å². The number of hydrogen-bond donors (Lipinski definition) is 1. The number of nitro groups is 1. The Morgan fingerprint density at radius 2 is 1.60 bits per heavy atom. The van der Waals surface area contributed by atoms with E-state index in [-0.39, 0.29) is 22.7 Å². The molecule has 0 saturated carbocycles. The molecule has 0 spiro atoms. The number of nitrogens with zero attached hydrogens (tertiary/aromatic N) is 1. The second-order valence-electron chi connectivity index (χ2n) is 6.37. The maximum Gasteiger partial charge on any atom is 0.282 e. The molecule has 0 unspecified atom stereocenters. The largest absolute Gasteiger partial charge is 0.450 e. The molecule has 0 fully saturated rings. The fraction of sp³-hybridized carbons (Fsp3) is 0. The van der Waals surface area contributed by atoms with Crippen LogP contribution in [0.3, 0.4) is 0 Å². The second-order valence-corrected chi connectivity index (χ2v) is 6.80. The molecular weight excluding hydrogens is 408 g/mol. The van der Waals surface area contributed by atoms with Crippen molar-refractivity contribution >= 4 is 45.6 Å². The number of nitrogens with one attached hydrogen (secondary N) is 1. The van der Waals surface area contributed by atoms with Crippen LogP contribution in [0.25, 0.3) is 11.0 Å². The van der Waals surface area contributed by atoms with Gasteiger partial charge in [-0.15, -0.1) is 0 Å². The molecule has 1 N–H and O–H groups in total.